The van der Waals surface area contributed by atoms with Crippen molar-refractivity contribution in [1.29, 1.82) is 0 Å². The van der Waals surface area contributed by atoms with Crippen LogP contribution >= 0.6 is 0 Å². The minimum Gasteiger partial charge on any atom is -0.481 e. The van der Waals surface area contributed by atoms with Crippen LogP contribution < -0.4 is 0 Å². The fraction of sp³-hybridized carbons (Fsp3) is 0.889. The van der Waals surface area contributed by atoms with E-state index >= 15 is 0 Å². The van der Waals surface area contributed by atoms with E-state index in [1.165, 1.54) is 0 Å². The van der Waals surface area contributed by atoms with E-state index in [-0.39, 0.29) is 36.5 Å². The summed E-state index contributed by atoms with van der Waals surface area (Å²) in [7, 11) is 0. The molecular weight excluding hydrogens is 640 g/mol. The van der Waals surface area contributed by atoms with Crippen LogP contribution in [0.25, 0.3) is 0 Å². The maximum absolute atomic E-state index is 13.0. The van der Waals surface area contributed by atoms with Crippen LogP contribution in [0.1, 0.15) is 86.5 Å². The summed E-state index contributed by atoms with van der Waals surface area (Å²) in [5.74, 6) is -3.78. The number of aliphatic carboxylic acids is 2. The third kappa shape index (κ3) is 4.90. The van der Waals surface area contributed by atoms with Crippen molar-refractivity contribution in [2.24, 2.45) is 50.2 Å². The molecule has 13 nitrogen and oxygen atoms in total. The van der Waals surface area contributed by atoms with Crippen molar-refractivity contribution in [2.75, 3.05) is 6.61 Å². The van der Waals surface area contributed by atoms with Crippen molar-refractivity contribution in [2.45, 2.75) is 142 Å². The normalized spacial score (nSPS) is 55.2. The van der Waals surface area contributed by atoms with Crippen LogP contribution in [0.15, 0.2) is 11.6 Å². The van der Waals surface area contributed by atoms with Gasteiger partial charge >= 0.3 is 11.9 Å². The van der Waals surface area contributed by atoms with Crippen LogP contribution in [-0.4, -0.2) is 120 Å². The van der Waals surface area contributed by atoms with E-state index in [1.54, 1.807) is 6.92 Å². The lowest BCUT2D eigenvalue weighted by molar-refractivity contribution is -0.346. The molecule has 0 aromatic heterocycles. The molecule has 1 unspecified atom stereocenters. The van der Waals surface area contributed by atoms with Crippen LogP contribution in [0.3, 0.4) is 0 Å². The van der Waals surface area contributed by atoms with Gasteiger partial charge in [-0.3, -0.25) is 4.79 Å². The first-order valence-electron chi connectivity index (χ1n) is 17.7. The Labute approximate surface area is 286 Å². The van der Waals surface area contributed by atoms with Gasteiger partial charge in [0.1, 0.15) is 23.7 Å². The fourth-order valence-electron chi connectivity index (χ4n) is 12.6. The Balaban J connectivity index is 1.39. The van der Waals surface area contributed by atoms with E-state index in [9.17, 15) is 55.5 Å². The summed E-state index contributed by atoms with van der Waals surface area (Å²) in [6.07, 6.45) is -9.13. The molecule has 6 aliphatic rings. The number of hydrogen-bond acceptors (Lipinski definition) is 11. The van der Waals surface area contributed by atoms with Crippen LogP contribution in [0, 0.1) is 50.2 Å². The standard InChI is InChI=1S/C36H56O13/c1-31(2)9-10-36(30(46)47)17(11-31)16-7-8-20-32(3)12-19(39)27(49-29-24(43)22(41)23(42)25(48-29)28(44)45)33(4,15-37)26(32)18(38)13-35(20,6)34(16,5)14-21(36)40/h7,17-27,29,37-43H,8-15H2,1-6H3,(H,44,45)(H,46,47)/t17-,18+,19-,20?,21+,22-,23-,24+,25-,26+,27-,29-,32+,33-,34+,35+,36+/m0/s1. The number of aliphatic hydroxyl groups excluding tert-OH is 7. The van der Waals surface area contributed by atoms with E-state index in [0.717, 1.165) is 5.57 Å². The highest BCUT2D eigenvalue weighted by atomic mass is 16.7. The summed E-state index contributed by atoms with van der Waals surface area (Å²) < 4.78 is 11.4. The second-order valence-corrected chi connectivity index (χ2v) is 18.2. The van der Waals surface area contributed by atoms with Crippen molar-refractivity contribution in [3.05, 3.63) is 11.6 Å². The van der Waals surface area contributed by atoms with Crippen LogP contribution in [0.5, 0.6) is 0 Å². The average Bonchev–Trinajstić information content (AvgIpc) is 2.98. The van der Waals surface area contributed by atoms with Gasteiger partial charge in [0.2, 0.25) is 0 Å². The first-order valence-corrected chi connectivity index (χ1v) is 17.7. The Bertz CT molecular complexity index is 1380. The molecular formula is C36H56O13. The number of rotatable bonds is 5. The van der Waals surface area contributed by atoms with Gasteiger partial charge in [0, 0.05) is 11.3 Å². The van der Waals surface area contributed by atoms with E-state index < -0.39 is 107 Å². The molecule has 5 fully saturated rings. The van der Waals surface area contributed by atoms with Crippen LogP contribution in [0.2, 0.25) is 0 Å². The van der Waals surface area contributed by atoms with Gasteiger partial charge in [0.05, 0.1) is 31.0 Å². The van der Waals surface area contributed by atoms with Crippen molar-refractivity contribution in [3.8, 4) is 0 Å². The Kier molecular flexibility index (Phi) is 8.83. The molecule has 1 aliphatic heterocycles. The van der Waals surface area contributed by atoms with Crippen LogP contribution in [0.4, 0.5) is 0 Å². The number of carboxylic acid groups (broad SMARTS) is 2. The zero-order chi connectivity index (χ0) is 36.4. The Morgan fingerprint density at radius 3 is 2.10 bits per heavy atom. The molecule has 0 radical (unpaired) electrons. The van der Waals surface area contributed by atoms with E-state index in [1.807, 2.05) is 6.92 Å². The molecule has 1 heterocycles. The molecule has 49 heavy (non-hydrogen) atoms. The molecule has 13 heteroatoms. The highest BCUT2D eigenvalue weighted by Gasteiger charge is 2.74. The first-order chi connectivity index (χ1) is 22.6. The minimum absolute atomic E-state index is 0.100. The predicted octanol–water partition coefficient (Wildman–Crippen LogP) is 1.03. The van der Waals surface area contributed by atoms with Crippen molar-refractivity contribution in [1.82, 2.24) is 0 Å². The summed E-state index contributed by atoms with van der Waals surface area (Å²) in [5, 5.41) is 98.5. The number of allylic oxidation sites excluding steroid dienone is 2. The monoisotopic (exact) mass is 696 g/mol. The molecule has 0 spiro atoms. The third-order valence-electron chi connectivity index (χ3n) is 15.1. The highest BCUT2D eigenvalue weighted by Crippen LogP contribution is 2.76. The minimum atomic E-state index is -1.93. The molecule has 9 N–H and O–H groups in total. The Hall–Kier alpha value is -1.68. The topological polar surface area (TPSA) is 235 Å². The summed E-state index contributed by atoms with van der Waals surface area (Å²) in [6, 6.07) is 0. The lowest BCUT2D eigenvalue weighted by Crippen LogP contribution is -2.73. The molecule has 5 aliphatic carbocycles. The van der Waals surface area contributed by atoms with Crippen molar-refractivity contribution in [3.63, 3.8) is 0 Å². The van der Waals surface area contributed by atoms with Gasteiger partial charge in [-0.25, -0.2) is 4.79 Å². The Morgan fingerprint density at radius 1 is 0.857 bits per heavy atom. The molecule has 0 amide bonds. The first kappa shape index (κ1) is 37.1. The highest BCUT2D eigenvalue weighted by molar-refractivity contribution is 5.77. The average molecular weight is 697 g/mol. The summed E-state index contributed by atoms with van der Waals surface area (Å²) in [4.78, 5) is 24.8. The van der Waals surface area contributed by atoms with Gasteiger partial charge in [-0.05, 0) is 78.4 Å². The second-order valence-electron chi connectivity index (χ2n) is 18.2. The molecule has 6 rings (SSSR count). The second kappa shape index (κ2) is 11.7. The maximum atomic E-state index is 13.0. The molecule has 17 atom stereocenters. The molecule has 278 valence electrons. The third-order valence-corrected chi connectivity index (χ3v) is 15.1. The number of aliphatic hydroxyl groups is 7. The van der Waals surface area contributed by atoms with Crippen LogP contribution in [-0.2, 0) is 19.1 Å². The Morgan fingerprint density at radius 2 is 1.51 bits per heavy atom. The van der Waals surface area contributed by atoms with Gasteiger partial charge in [0.15, 0.2) is 12.4 Å². The quantitative estimate of drug-likeness (QED) is 0.145. The lowest BCUT2D eigenvalue weighted by atomic mass is 9.32. The predicted molar refractivity (Wildman–Crippen MR) is 171 cm³/mol. The van der Waals surface area contributed by atoms with Gasteiger partial charge in [-0.2, -0.15) is 0 Å². The molecule has 0 aromatic rings. The van der Waals surface area contributed by atoms with Gasteiger partial charge in [-0.15, -0.1) is 0 Å². The largest absolute Gasteiger partial charge is 0.481 e. The van der Waals surface area contributed by atoms with E-state index in [4.69, 9.17) is 9.47 Å². The number of carboxylic acids is 2. The van der Waals surface area contributed by atoms with E-state index in [0.29, 0.717) is 25.7 Å². The zero-order valence-electron chi connectivity index (χ0n) is 29.3. The summed E-state index contributed by atoms with van der Waals surface area (Å²) in [5.41, 5.74) is -3.87. The number of hydrogen-bond donors (Lipinski definition) is 9. The molecule has 1 saturated heterocycles. The SMILES string of the molecule is CC1(C)CC[C@]2(C(=O)O)[C@H](O)C[C@]3(C)C(=CCC4[C@@]5(C)C[C@H](O)[C@H](O[C@@H]6O[C@H](C(=O)O)[C@@H](O)[C@H](O)[C@H]6O)[C@@](C)(CO)[C@@H]5[C@H](O)C[C@]43C)[C@@H]2C1. The lowest BCUT2D eigenvalue weighted by Gasteiger charge is -2.73. The maximum Gasteiger partial charge on any atom is 0.335 e. The molecule has 0 bridgehead atoms. The van der Waals surface area contributed by atoms with Crippen molar-refractivity contribution < 1.29 is 65.0 Å². The van der Waals surface area contributed by atoms with Gasteiger partial charge < -0.3 is 55.4 Å². The smallest absolute Gasteiger partial charge is 0.335 e. The van der Waals surface area contributed by atoms with Gasteiger partial charge in [0.25, 0.3) is 0 Å². The number of ether oxygens (including phenoxy) is 2. The molecule has 4 saturated carbocycles. The van der Waals surface area contributed by atoms with E-state index in [2.05, 4.69) is 33.8 Å². The summed E-state index contributed by atoms with van der Waals surface area (Å²) in [6.45, 7) is 11.6. The fourth-order valence-corrected chi connectivity index (χ4v) is 12.6. The number of carbonyl (C=O) groups is 2. The van der Waals surface area contributed by atoms with Crippen molar-refractivity contribution >= 4 is 11.9 Å². The molecule has 0 aromatic carbocycles. The van der Waals surface area contributed by atoms with Gasteiger partial charge in [-0.1, -0.05) is 53.2 Å². The number of fused-ring (bicyclic) bond motifs is 7. The zero-order valence-corrected chi connectivity index (χ0v) is 29.3. The summed E-state index contributed by atoms with van der Waals surface area (Å²) >= 11 is 0.